The van der Waals surface area contributed by atoms with Gasteiger partial charge in [0.15, 0.2) is 5.16 Å². The van der Waals surface area contributed by atoms with Gasteiger partial charge in [0.25, 0.3) is 0 Å². The van der Waals surface area contributed by atoms with Crippen LogP contribution in [-0.2, 0) is 5.75 Å². The minimum absolute atomic E-state index is 0.512. The quantitative estimate of drug-likeness (QED) is 0.415. The predicted octanol–water partition coefficient (Wildman–Crippen LogP) is 4.28. The summed E-state index contributed by atoms with van der Waals surface area (Å²) in [6.45, 7) is 0. The van der Waals surface area contributed by atoms with E-state index in [-0.39, 0.29) is 0 Å². The average Bonchev–Trinajstić information content (AvgIpc) is 3.06. The van der Waals surface area contributed by atoms with E-state index in [0.29, 0.717) is 5.15 Å². The molecule has 104 valence electrons. The molecule has 1 aromatic carbocycles. The van der Waals surface area contributed by atoms with Gasteiger partial charge in [-0.15, -0.1) is 10.2 Å². The molecule has 0 amide bonds. The maximum Gasteiger partial charge on any atom is 0.217 e. The molecule has 0 aliphatic rings. The molecule has 3 heterocycles. The fraction of sp³-hybridized carbons (Fsp3) is 0.0714. The number of fused-ring (bicyclic) bond motifs is 3. The van der Waals surface area contributed by atoms with Crippen LogP contribution in [0.3, 0.4) is 0 Å². The van der Waals surface area contributed by atoms with E-state index >= 15 is 0 Å². The van der Waals surface area contributed by atoms with Gasteiger partial charge in [-0.1, -0.05) is 52.9 Å². The molecular weight excluding hydrogens is 324 g/mol. The van der Waals surface area contributed by atoms with Gasteiger partial charge >= 0.3 is 0 Å². The molecule has 0 aliphatic carbocycles. The van der Waals surface area contributed by atoms with Gasteiger partial charge in [-0.3, -0.25) is 4.40 Å². The first kappa shape index (κ1) is 13.1. The predicted molar refractivity (Wildman–Crippen MR) is 87.2 cm³/mol. The summed E-state index contributed by atoms with van der Waals surface area (Å²) in [6, 6.07) is 12.1. The Labute approximate surface area is 133 Å². The highest BCUT2D eigenvalue weighted by Crippen LogP contribution is 2.30. The summed E-state index contributed by atoms with van der Waals surface area (Å²) in [5, 5.41) is 9.95. The molecule has 4 rings (SSSR count). The fourth-order valence-electron chi connectivity index (χ4n) is 2.09. The van der Waals surface area contributed by atoms with Crippen molar-refractivity contribution in [3.63, 3.8) is 0 Å². The number of benzene rings is 1. The number of halogens is 1. The number of para-hydroxylation sites is 1. The van der Waals surface area contributed by atoms with E-state index in [9.17, 15) is 0 Å². The van der Waals surface area contributed by atoms with Gasteiger partial charge in [0.1, 0.15) is 5.15 Å². The van der Waals surface area contributed by atoms with E-state index in [1.807, 2.05) is 18.2 Å². The number of hydrogen-bond acceptors (Lipinski definition) is 5. The topological polar surface area (TPSA) is 43.1 Å². The maximum absolute atomic E-state index is 5.80. The lowest BCUT2D eigenvalue weighted by Crippen LogP contribution is -1.88. The van der Waals surface area contributed by atoms with E-state index in [1.165, 1.54) is 4.70 Å². The third kappa shape index (κ3) is 2.39. The minimum Gasteiger partial charge on any atom is -0.260 e. The number of nitrogens with zero attached hydrogens (tertiary/aromatic N) is 4. The molecule has 0 spiro atoms. The summed E-state index contributed by atoms with van der Waals surface area (Å²) in [5.74, 6) is 0.787. The Morgan fingerprint density at radius 3 is 2.90 bits per heavy atom. The Hall–Kier alpha value is -1.63. The molecule has 0 bridgehead atoms. The monoisotopic (exact) mass is 332 g/mol. The van der Waals surface area contributed by atoms with Crippen LogP contribution >= 0.6 is 34.7 Å². The van der Waals surface area contributed by atoms with Gasteiger partial charge in [0.05, 0.1) is 10.2 Å². The smallest absolute Gasteiger partial charge is 0.217 e. The SMILES string of the molecule is Clc1ccc(CSc2nnc3sc4ccccc4n23)cn1. The summed E-state index contributed by atoms with van der Waals surface area (Å²) in [5.41, 5.74) is 2.26. The van der Waals surface area contributed by atoms with E-state index < -0.39 is 0 Å². The molecule has 4 nitrogen and oxygen atoms in total. The number of pyridine rings is 1. The summed E-state index contributed by atoms with van der Waals surface area (Å²) >= 11 is 9.10. The molecule has 3 aromatic heterocycles. The molecule has 4 aromatic rings. The Morgan fingerprint density at radius 2 is 2.05 bits per heavy atom. The highest BCUT2D eigenvalue weighted by molar-refractivity contribution is 7.98. The molecule has 0 saturated carbocycles. The zero-order valence-corrected chi connectivity index (χ0v) is 13.1. The number of aromatic nitrogens is 4. The lowest BCUT2D eigenvalue weighted by Gasteiger charge is -2.00. The van der Waals surface area contributed by atoms with Crippen molar-refractivity contribution in [2.75, 3.05) is 0 Å². The second-order valence-electron chi connectivity index (χ2n) is 4.45. The lowest BCUT2D eigenvalue weighted by molar-refractivity contribution is 0.940. The fourth-order valence-corrected chi connectivity index (χ4v) is 4.10. The Morgan fingerprint density at radius 1 is 1.14 bits per heavy atom. The molecule has 21 heavy (non-hydrogen) atoms. The normalized spacial score (nSPS) is 11.5. The summed E-state index contributed by atoms with van der Waals surface area (Å²) in [7, 11) is 0. The van der Waals surface area contributed by atoms with Crippen molar-refractivity contribution in [3.8, 4) is 0 Å². The second kappa shape index (κ2) is 5.29. The first-order chi connectivity index (χ1) is 10.3. The number of rotatable bonds is 3. The van der Waals surface area contributed by atoms with Gasteiger partial charge in [0, 0.05) is 11.9 Å². The van der Waals surface area contributed by atoms with Crippen LogP contribution in [0.1, 0.15) is 5.56 Å². The standard InChI is InChI=1S/C14H9ClN4S2/c15-12-6-5-9(7-16-12)8-20-13-17-18-14-19(13)10-3-1-2-4-11(10)21-14/h1-7H,8H2. The van der Waals surface area contributed by atoms with Crippen molar-refractivity contribution in [1.29, 1.82) is 0 Å². The van der Waals surface area contributed by atoms with E-state index in [4.69, 9.17) is 11.6 Å². The Bertz CT molecular complexity index is 914. The third-order valence-corrected chi connectivity index (χ3v) is 5.30. The Balaban J connectivity index is 1.68. The van der Waals surface area contributed by atoms with Crippen LogP contribution < -0.4 is 0 Å². The van der Waals surface area contributed by atoms with Crippen LogP contribution in [0.4, 0.5) is 0 Å². The minimum atomic E-state index is 0.512. The van der Waals surface area contributed by atoms with Crippen molar-refractivity contribution >= 4 is 49.9 Å². The first-order valence-electron chi connectivity index (χ1n) is 6.27. The molecular formula is C14H9ClN4S2. The van der Waals surface area contributed by atoms with Gasteiger partial charge in [-0.25, -0.2) is 4.98 Å². The van der Waals surface area contributed by atoms with Crippen molar-refractivity contribution in [2.24, 2.45) is 0 Å². The molecule has 0 N–H and O–H groups in total. The lowest BCUT2D eigenvalue weighted by atomic mass is 10.3. The molecule has 0 fully saturated rings. The summed E-state index contributed by atoms with van der Waals surface area (Å²) < 4.78 is 3.32. The van der Waals surface area contributed by atoms with Gasteiger partial charge in [0.2, 0.25) is 4.96 Å². The van der Waals surface area contributed by atoms with Crippen molar-refractivity contribution < 1.29 is 0 Å². The van der Waals surface area contributed by atoms with E-state index in [1.54, 1.807) is 35.4 Å². The zero-order chi connectivity index (χ0) is 14.2. The molecule has 0 saturated heterocycles. The average molecular weight is 333 g/mol. The summed E-state index contributed by atoms with van der Waals surface area (Å²) in [4.78, 5) is 5.02. The van der Waals surface area contributed by atoms with Crippen LogP contribution in [0, 0.1) is 0 Å². The highest BCUT2D eigenvalue weighted by Gasteiger charge is 2.12. The van der Waals surface area contributed by atoms with Gasteiger partial charge < -0.3 is 0 Å². The van der Waals surface area contributed by atoms with Crippen LogP contribution in [0.5, 0.6) is 0 Å². The van der Waals surface area contributed by atoms with Crippen molar-refractivity contribution in [2.45, 2.75) is 10.9 Å². The van der Waals surface area contributed by atoms with Crippen molar-refractivity contribution in [1.82, 2.24) is 19.6 Å². The van der Waals surface area contributed by atoms with E-state index in [0.717, 1.165) is 27.0 Å². The first-order valence-corrected chi connectivity index (χ1v) is 8.45. The molecule has 0 atom stereocenters. The molecule has 0 unspecified atom stereocenters. The van der Waals surface area contributed by atoms with E-state index in [2.05, 4.69) is 31.7 Å². The van der Waals surface area contributed by atoms with Crippen LogP contribution in [0.25, 0.3) is 15.2 Å². The molecule has 0 aliphatic heterocycles. The number of hydrogen-bond donors (Lipinski definition) is 0. The van der Waals surface area contributed by atoms with Gasteiger partial charge in [-0.2, -0.15) is 0 Å². The third-order valence-electron chi connectivity index (χ3n) is 3.07. The van der Waals surface area contributed by atoms with Crippen LogP contribution in [0.2, 0.25) is 5.15 Å². The largest absolute Gasteiger partial charge is 0.260 e. The number of thioether (sulfide) groups is 1. The summed E-state index contributed by atoms with van der Waals surface area (Å²) in [6.07, 6.45) is 1.79. The van der Waals surface area contributed by atoms with Crippen LogP contribution in [-0.4, -0.2) is 19.6 Å². The maximum atomic E-state index is 5.80. The van der Waals surface area contributed by atoms with Crippen molar-refractivity contribution in [3.05, 3.63) is 53.3 Å². The molecule has 0 radical (unpaired) electrons. The Kier molecular flexibility index (Phi) is 3.29. The zero-order valence-electron chi connectivity index (χ0n) is 10.7. The molecule has 7 heteroatoms. The number of thiazole rings is 1. The van der Waals surface area contributed by atoms with Crippen LogP contribution in [0.15, 0.2) is 47.8 Å². The van der Waals surface area contributed by atoms with Gasteiger partial charge in [-0.05, 0) is 23.8 Å². The second-order valence-corrected chi connectivity index (χ2v) is 6.79. The highest BCUT2D eigenvalue weighted by atomic mass is 35.5.